The summed E-state index contributed by atoms with van der Waals surface area (Å²) in [5.41, 5.74) is 0.366. The summed E-state index contributed by atoms with van der Waals surface area (Å²) in [6.45, 7) is 1.88. The maximum atomic E-state index is 12.6. The van der Waals surface area contributed by atoms with E-state index in [1.54, 1.807) is 18.3 Å². The summed E-state index contributed by atoms with van der Waals surface area (Å²) < 4.78 is 5.92. The fourth-order valence-corrected chi connectivity index (χ4v) is 3.40. The normalized spacial score (nSPS) is 16.2. The lowest BCUT2D eigenvalue weighted by atomic mass is 9.95. The van der Waals surface area contributed by atoms with E-state index in [4.69, 9.17) is 4.74 Å². The van der Waals surface area contributed by atoms with Gasteiger partial charge in [-0.3, -0.25) is 19.9 Å². The van der Waals surface area contributed by atoms with E-state index >= 15 is 0 Å². The third-order valence-electron chi connectivity index (χ3n) is 4.79. The van der Waals surface area contributed by atoms with Crippen molar-refractivity contribution < 1.29 is 14.5 Å². The summed E-state index contributed by atoms with van der Waals surface area (Å²) in [6, 6.07) is 6.40. The molecule has 1 aromatic heterocycles. The maximum absolute atomic E-state index is 12.6. The van der Waals surface area contributed by atoms with Crippen molar-refractivity contribution in [3.05, 3.63) is 40.6 Å². The first-order valence-corrected chi connectivity index (χ1v) is 9.09. The van der Waals surface area contributed by atoms with Crippen LogP contribution in [0.2, 0.25) is 0 Å². The molecule has 1 heterocycles. The highest BCUT2D eigenvalue weighted by atomic mass is 16.6. The number of fused-ring (bicyclic) bond motifs is 1. The average Bonchev–Trinajstić information content (AvgIpc) is 2.66. The zero-order valence-corrected chi connectivity index (χ0v) is 14.8. The highest BCUT2D eigenvalue weighted by Crippen LogP contribution is 2.32. The van der Waals surface area contributed by atoms with Crippen LogP contribution >= 0.6 is 0 Å². The molecule has 7 nitrogen and oxygen atoms in total. The van der Waals surface area contributed by atoms with E-state index in [0.29, 0.717) is 23.1 Å². The number of benzene rings is 1. The smallest absolute Gasteiger partial charge is 0.279 e. The van der Waals surface area contributed by atoms with Gasteiger partial charge in [-0.15, -0.1) is 0 Å². The number of nitrogens with one attached hydrogen (secondary N) is 1. The first-order chi connectivity index (χ1) is 12.6. The number of ether oxygens (including phenoxy) is 1. The van der Waals surface area contributed by atoms with Gasteiger partial charge in [-0.2, -0.15) is 0 Å². The van der Waals surface area contributed by atoms with Crippen LogP contribution in [-0.2, 0) is 4.79 Å². The molecule has 1 atom stereocenters. The summed E-state index contributed by atoms with van der Waals surface area (Å²) in [5.74, 6) is 0.249. The number of nitro benzene ring substituents is 1. The van der Waals surface area contributed by atoms with E-state index < -0.39 is 11.0 Å². The van der Waals surface area contributed by atoms with Crippen LogP contribution in [-0.4, -0.2) is 28.0 Å². The monoisotopic (exact) mass is 357 g/mol. The molecule has 0 spiro atoms. The van der Waals surface area contributed by atoms with E-state index in [1.165, 1.54) is 18.6 Å². The van der Waals surface area contributed by atoms with Crippen LogP contribution in [0.3, 0.4) is 0 Å². The van der Waals surface area contributed by atoms with Gasteiger partial charge in [0.2, 0.25) is 0 Å². The highest BCUT2D eigenvalue weighted by molar-refractivity contribution is 5.92. The van der Waals surface area contributed by atoms with Crippen molar-refractivity contribution in [2.24, 2.45) is 0 Å². The molecule has 0 aliphatic heterocycles. The van der Waals surface area contributed by atoms with Crippen LogP contribution < -0.4 is 10.1 Å². The van der Waals surface area contributed by atoms with Crippen LogP contribution in [0.4, 0.5) is 5.69 Å². The molecule has 1 amide bonds. The van der Waals surface area contributed by atoms with Crippen molar-refractivity contribution in [2.75, 3.05) is 0 Å². The van der Waals surface area contributed by atoms with Gasteiger partial charge in [0.05, 0.1) is 10.3 Å². The van der Waals surface area contributed by atoms with Gasteiger partial charge in [0.25, 0.3) is 11.6 Å². The molecule has 2 aromatic rings. The number of nitrogens with zero attached hydrogens (tertiary/aromatic N) is 2. The SMILES string of the molecule is CCC(Oc1ccc([N+](=O)[O-])c2cccnc12)C(=O)NC1CCCCC1. The average molecular weight is 357 g/mol. The minimum absolute atomic E-state index is 0.0276. The lowest BCUT2D eigenvalue weighted by molar-refractivity contribution is -0.383. The Morgan fingerprint density at radius 3 is 2.81 bits per heavy atom. The Morgan fingerprint density at radius 2 is 2.12 bits per heavy atom. The Hall–Kier alpha value is -2.70. The largest absolute Gasteiger partial charge is 0.478 e. The number of aromatic nitrogens is 1. The molecule has 1 aliphatic rings. The molecular weight excluding hydrogens is 334 g/mol. The molecule has 138 valence electrons. The summed E-state index contributed by atoms with van der Waals surface area (Å²) in [4.78, 5) is 27.6. The Balaban J connectivity index is 1.81. The number of nitro groups is 1. The van der Waals surface area contributed by atoms with Crippen LogP contribution in [0.5, 0.6) is 5.75 Å². The minimum Gasteiger partial charge on any atom is -0.478 e. The second-order valence-corrected chi connectivity index (χ2v) is 6.60. The highest BCUT2D eigenvalue weighted by Gasteiger charge is 2.24. The van der Waals surface area contributed by atoms with Crippen molar-refractivity contribution in [1.82, 2.24) is 10.3 Å². The molecule has 1 fully saturated rings. The van der Waals surface area contributed by atoms with Crippen LogP contribution in [0.1, 0.15) is 45.4 Å². The van der Waals surface area contributed by atoms with Crippen molar-refractivity contribution >= 4 is 22.5 Å². The first kappa shape index (κ1) is 18.1. The van der Waals surface area contributed by atoms with Gasteiger partial charge < -0.3 is 10.1 Å². The van der Waals surface area contributed by atoms with Gasteiger partial charge in [-0.1, -0.05) is 26.2 Å². The fourth-order valence-electron chi connectivity index (χ4n) is 3.40. The van der Waals surface area contributed by atoms with Crippen LogP contribution in [0.15, 0.2) is 30.5 Å². The van der Waals surface area contributed by atoms with Crippen molar-refractivity contribution in [2.45, 2.75) is 57.6 Å². The van der Waals surface area contributed by atoms with E-state index in [2.05, 4.69) is 10.3 Å². The molecule has 1 N–H and O–H groups in total. The van der Waals surface area contributed by atoms with Gasteiger partial charge >= 0.3 is 0 Å². The minimum atomic E-state index is -0.649. The van der Waals surface area contributed by atoms with Gasteiger partial charge in [0.15, 0.2) is 6.10 Å². The second kappa shape index (κ2) is 8.12. The number of hydrogen-bond donors (Lipinski definition) is 1. The molecule has 1 unspecified atom stereocenters. The molecule has 0 bridgehead atoms. The molecule has 7 heteroatoms. The first-order valence-electron chi connectivity index (χ1n) is 9.09. The molecule has 1 saturated carbocycles. The summed E-state index contributed by atoms with van der Waals surface area (Å²) >= 11 is 0. The van der Waals surface area contributed by atoms with Gasteiger partial charge in [-0.05, 0) is 37.5 Å². The molecule has 1 aromatic carbocycles. The fraction of sp³-hybridized carbons (Fsp3) is 0.474. The van der Waals surface area contributed by atoms with E-state index in [1.807, 2.05) is 6.92 Å². The van der Waals surface area contributed by atoms with Gasteiger partial charge in [0, 0.05) is 18.3 Å². The molecule has 0 radical (unpaired) electrons. The van der Waals surface area contributed by atoms with Crippen molar-refractivity contribution in [3.8, 4) is 5.75 Å². The van der Waals surface area contributed by atoms with Crippen molar-refractivity contribution in [1.29, 1.82) is 0 Å². The van der Waals surface area contributed by atoms with E-state index in [0.717, 1.165) is 25.7 Å². The van der Waals surface area contributed by atoms with Crippen LogP contribution in [0, 0.1) is 10.1 Å². The second-order valence-electron chi connectivity index (χ2n) is 6.60. The number of amides is 1. The lowest BCUT2D eigenvalue weighted by Crippen LogP contribution is -2.44. The lowest BCUT2D eigenvalue weighted by Gasteiger charge is -2.25. The number of pyridine rings is 1. The zero-order chi connectivity index (χ0) is 18.5. The number of carbonyl (C=O) groups excluding carboxylic acids is 1. The quantitative estimate of drug-likeness (QED) is 0.627. The topological polar surface area (TPSA) is 94.4 Å². The Labute approximate surface area is 151 Å². The summed E-state index contributed by atoms with van der Waals surface area (Å²) in [5, 5.41) is 14.7. The van der Waals surface area contributed by atoms with Gasteiger partial charge in [-0.25, -0.2) is 0 Å². The predicted molar refractivity (Wildman–Crippen MR) is 98.1 cm³/mol. The Morgan fingerprint density at radius 1 is 1.35 bits per heavy atom. The Bertz CT molecular complexity index is 802. The standard InChI is InChI=1S/C19H23N3O4/c1-2-16(19(23)21-13-7-4-3-5-8-13)26-17-11-10-15(22(24)25)14-9-6-12-20-18(14)17/h6,9-13,16H,2-5,7-8H2,1H3,(H,21,23). The van der Waals surface area contributed by atoms with E-state index in [-0.39, 0.29) is 17.6 Å². The molecule has 1 aliphatic carbocycles. The predicted octanol–water partition coefficient (Wildman–Crippen LogP) is 3.75. The molecule has 3 rings (SSSR count). The van der Waals surface area contributed by atoms with E-state index in [9.17, 15) is 14.9 Å². The van der Waals surface area contributed by atoms with Crippen molar-refractivity contribution in [3.63, 3.8) is 0 Å². The zero-order valence-electron chi connectivity index (χ0n) is 14.8. The molecular formula is C19H23N3O4. The summed E-state index contributed by atoms with van der Waals surface area (Å²) in [6.07, 6.45) is 6.92. The third-order valence-corrected chi connectivity index (χ3v) is 4.79. The van der Waals surface area contributed by atoms with Gasteiger partial charge in [0.1, 0.15) is 11.3 Å². The summed E-state index contributed by atoms with van der Waals surface area (Å²) in [7, 11) is 0. The number of carbonyl (C=O) groups is 1. The van der Waals surface area contributed by atoms with Crippen LogP contribution in [0.25, 0.3) is 10.9 Å². The molecule has 0 saturated heterocycles. The number of hydrogen-bond acceptors (Lipinski definition) is 5. The third kappa shape index (κ3) is 3.92. The molecule has 26 heavy (non-hydrogen) atoms. The number of rotatable bonds is 6. The Kier molecular flexibility index (Phi) is 5.65. The number of non-ortho nitro benzene ring substituents is 1. The maximum Gasteiger partial charge on any atom is 0.279 e.